The first-order valence-electron chi connectivity index (χ1n) is 9.12. The third-order valence-electron chi connectivity index (χ3n) is 4.54. The molecule has 3 rings (SSSR count). The average Bonchev–Trinajstić information content (AvgIpc) is 2.91. The second-order valence-corrected chi connectivity index (χ2v) is 8.36. The smallest absolute Gasteiger partial charge is 0.277 e. The number of ether oxygens (including phenoxy) is 1. The fourth-order valence-electron chi connectivity index (χ4n) is 2.99. The van der Waals surface area contributed by atoms with Crippen molar-refractivity contribution in [3.8, 4) is 11.4 Å². The maximum absolute atomic E-state index is 12.0. The highest BCUT2D eigenvalue weighted by atomic mass is 79.9. The minimum atomic E-state index is -0.402. The number of aryl methyl sites for hydroxylation is 1. The molecule has 0 unspecified atom stereocenters. The molecule has 0 spiro atoms. The van der Waals surface area contributed by atoms with Gasteiger partial charge in [0.05, 0.1) is 11.2 Å². The van der Waals surface area contributed by atoms with E-state index in [1.165, 1.54) is 5.56 Å². The van der Waals surface area contributed by atoms with Crippen molar-refractivity contribution in [3.63, 3.8) is 0 Å². The molecule has 0 atom stereocenters. The van der Waals surface area contributed by atoms with Gasteiger partial charge in [0.1, 0.15) is 5.75 Å². The number of hydrogen-bond acceptors (Lipinski definition) is 3. The molecule has 2 aromatic carbocycles. The molecule has 1 aromatic heterocycles. The standard InChI is InChI=1S/C22H20BrCl2N3O2/c1-13-4-7-17(8-5-13)28-14(2)18(22(23)15(28)3)11-26-27-21(29)12-30-20-9-6-16(24)10-19(20)25/h4-11H,12H2,1-3H3,(H,27,29)/b26-11-. The van der Waals surface area contributed by atoms with Gasteiger partial charge in [-0.05, 0) is 67.0 Å². The van der Waals surface area contributed by atoms with E-state index < -0.39 is 5.91 Å². The molecule has 1 amide bonds. The summed E-state index contributed by atoms with van der Waals surface area (Å²) in [7, 11) is 0. The molecule has 30 heavy (non-hydrogen) atoms. The molecular weight excluding hydrogens is 489 g/mol. The van der Waals surface area contributed by atoms with Crippen molar-refractivity contribution in [3.05, 3.63) is 79.5 Å². The highest BCUT2D eigenvalue weighted by molar-refractivity contribution is 9.10. The van der Waals surface area contributed by atoms with E-state index >= 15 is 0 Å². The number of nitrogens with one attached hydrogen (secondary N) is 1. The quantitative estimate of drug-likeness (QED) is 0.328. The van der Waals surface area contributed by atoms with Gasteiger partial charge in [0.25, 0.3) is 5.91 Å². The van der Waals surface area contributed by atoms with Gasteiger partial charge in [0.15, 0.2) is 6.61 Å². The Kier molecular flexibility index (Phi) is 7.23. The number of hydrogen-bond donors (Lipinski definition) is 1. The summed E-state index contributed by atoms with van der Waals surface area (Å²) in [5, 5.41) is 4.91. The van der Waals surface area contributed by atoms with Crippen molar-refractivity contribution in [1.82, 2.24) is 9.99 Å². The van der Waals surface area contributed by atoms with E-state index in [2.05, 4.69) is 62.2 Å². The molecule has 0 radical (unpaired) electrons. The van der Waals surface area contributed by atoms with Crippen LogP contribution in [0.5, 0.6) is 5.75 Å². The van der Waals surface area contributed by atoms with Crippen molar-refractivity contribution in [2.75, 3.05) is 6.61 Å². The van der Waals surface area contributed by atoms with Crippen LogP contribution >= 0.6 is 39.1 Å². The molecule has 1 N–H and O–H groups in total. The van der Waals surface area contributed by atoms with Gasteiger partial charge in [-0.15, -0.1) is 0 Å². The van der Waals surface area contributed by atoms with E-state index in [9.17, 15) is 4.79 Å². The minimum absolute atomic E-state index is 0.220. The molecule has 0 aliphatic heterocycles. The van der Waals surface area contributed by atoms with Gasteiger partial charge < -0.3 is 9.30 Å². The Hall–Kier alpha value is -2.28. The number of halogens is 3. The van der Waals surface area contributed by atoms with Gasteiger partial charge in [-0.3, -0.25) is 4.79 Å². The van der Waals surface area contributed by atoms with E-state index in [-0.39, 0.29) is 6.61 Å². The minimum Gasteiger partial charge on any atom is -0.482 e. The Morgan fingerprint density at radius 1 is 1.13 bits per heavy atom. The summed E-state index contributed by atoms with van der Waals surface area (Å²) in [6.45, 7) is 5.87. The van der Waals surface area contributed by atoms with Gasteiger partial charge in [-0.25, -0.2) is 5.43 Å². The summed E-state index contributed by atoms with van der Waals surface area (Å²) < 4.78 is 8.46. The molecule has 0 saturated carbocycles. The number of benzene rings is 2. The lowest BCUT2D eigenvalue weighted by Gasteiger charge is -2.09. The monoisotopic (exact) mass is 507 g/mol. The van der Waals surface area contributed by atoms with Crippen LogP contribution < -0.4 is 10.2 Å². The summed E-state index contributed by atoms with van der Waals surface area (Å²) in [5.74, 6) is -0.0229. The van der Waals surface area contributed by atoms with E-state index in [1.54, 1.807) is 24.4 Å². The molecule has 8 heteroatoms. The zero-order valence-electron chi connectivity index (χ0n) is 16.7. The van der Waals surface area contributed by atoms with Crippen LogP contribution in [0.2, 0.25) is 10.0 Å². The summed E-state index contributed by atoms with van der Waals surface area (Å²) in [6, 6.07) is 13.1. The number of amides is 1. The van der Waals surface area contributed by atoms with Crippen LogP contribution in [0.4, 0.5) is 0 Å². The normalized spacial score (nSPS) is 11.1. The lowest BCUT2D eigenvalue weighted by Crippen LogP contribution is -2.24. The largest absolute Gasteiger partial charge is 0.482 e. The second kappa shape index (κ2) is 9.69. The van der Waals surface area contributed by atoms with Crippen LogP contribution in [0.3, 0.4) is 0 Å². The Morgan fingerprint density at radius 3 is 2.50 bits per heavy atom. The van der Waals surface area contributed by atoms with E-state index in [1.807, 2.05) is 13.8 Å². The topological polar surface area (TPSA) is 55.6 Å². The van der Waals surface area contributed by atoms with Crippen molar-refractivity contribution in [1.29, 1.82) is 0 Å². The van der Waals surface area contributed by atoms with Gasteiger partial charge in [0.2, 0.25) is 0 Å². The number of carbonyl (C=O) groups is 1. The fraction of sp³-hybridized carbons (Fsp3) is 0.182. The van der Waals surface area contributed by atoms with E-state index in [0.717, 1.165) is 27.1 Å². The molecule has 5 nitrogen and oxygen atoms in total. The number of rotatable bonds is 6. The molecule has 3 aromatic rings. The SMILES string of the molecule is Cc1ccc(-n2c(C)c(Br)c(/C=N\NC(=O)COc3ccc(Cl)cc3Cl)c2C)cc1. The van der Waals surface area contributed by atoms with Crippen LogP contribution in [0.1, 0.15) is 22.5 Å². The van der Waals surface area contributed by atoms with Crippen LogP contribution in [0, 0.1) is 20.8 Å². The first kappa shape index (κ1) is 22.4. The Labute approximate surface area is 193 Å². The zero-order valence-corrected chi connectivity index (χ0v) is 19.8. The first-order valence-corrected chi connectivity index (χ1v) is 10.7. The van der Waals surface area contributed by atoms with Crippen LogP contribution in [-0.2, 0) is 4.79 Å². The van der Waals surface area contributed by atoms with E-state index in [4.69, 9.17) is 27.9 Å². The Bertz CT molecular complexity index is 1110. The molecule has 0 aliphatic carbocycles. The number of carbonyl (C=O) groups excluding carboxylic acids is 1. The van der Waals surface area contributed by atoms with Crippen LogP contribution in [0.15, 0.2) is 52.0 Å². The van der Waals surface area contributed by atoms with Crippen molar-refractivity contribution >= 4 is 51.3 Å². The van der Waals surface area contributed by atoms with Crippen LogP contribution in [-0.4, -0.2) is 23.3 Å². The maximum Gasteiger partial charge on any atom is 0.277 e. The van der Waals surface area contributed by atoms with Gasteiger partial charge in [-0.1, -0.05) is 40.9 Å². The highest BCUT2D eigenvalue weighted by Crippen LogP contribution is 2.30. The van der Waals surface area contributed by atoms with E-state index in [0.29, 0.717) is 15.8 Å². The summed E-state index contributed by atoms with van der Waals surface area (Å²) in [6.07, 6.45) is 1.62. The summed E-state index contributed by atoms with van der Waals surface area (Å²) >= 11 is 15.5. The lowest BCUT2D eigenvalue weighted by atomic mass is 10.2. The fourth-order valence-corrected chi connectivity index (χ4v) is 4.02. The molecule has 1 heterocycles. The summed E-state index contributed by atoms with van der Waals surface area (Å²) in [4.78, 5) is 12.0. The third kappa shape index (κ3) is 5.06. The van der Waals surface area contributed by atoms with Gasteiger partial charge in [-0.2, -0.15) is 5.10 Å². The average molecular weight is 509 g/mol. The Morgan fingerprint density at radius 2 is 1.83 bits per heavy atom. The van der Waals surface area contributed by atoms with Gasteiger partial charge in [0, 0.05) is 32.1 Å². The van der Waals surface area contributed by atoms with Crippen LogP contribution in [0.25, 0.3) is 5.69 Å². The van der Waals surface area contributed by atoms with Gasteiger partial charge >= 0.3 is 0 Å². The summed E-state index contributed by atoms with van der Waals surface area (Å²) in [5.41, 5.74) is 7.67. The maximum atomic E-state index is 12.0. The predicted octanol–water partition coefficient (Wildman–Crippen LogP) is 6.00. The number of hydrazone groups is 1. The van der Waals surface area contributed by atoms with Crippen molar-refractivity contribution < 1.29 is 9.53 Å². The molecule has 0 fully saturated rings. The van der Waals surface area contributed by atoms with Crippen molar-refractivity contribution in [2.24, 2.45) is 5.10 Å². The molecule has 0 saturated heterocycles. The molecule has 0 aliphatic rings. The Balaban J connectivity index is 1.68. The van der Waals surface area contributed by atoms with Crippen molar-refractivity contribution in [2.45, 2.75) is 20.8 Å². The lowest BCUT2D eigenvalue weighted by molar-refractivity contribution is -0.123. The molecular formula is C22H20BrCl2N3O2. The second-order valence-electron chi connectivity index (χ2n) is 6.73. The molecule has 0 bridgehead atoms. The zero-order chi connectivity index (χ0) is 21.8. The number of nitrogens with zero attached hydrogens (tertiary/aromatic N) is 2. The highest BCUT2D eigenvalue weighted by Gasteiger charge is 2.15. The first-order chi connectivity index (χ1) is 14.3. The third-order valence-corrected chi connectivity index (χ3v) is 6.07. The number of aromatic nitrogens is 1. The molecule has 156 valence electrons. The predicted molar refractivity (Wildman–Crippen MR) is 125 cm³/mol.